The predicted octanol–water partition coefficient (Wildman–Crippen LogP) is 2.01. The number of nitrogens with two attached hydrogens (primary N) is 1. The van der Waals surface area contributed by atoms with Crippen molar-refractivity contribution in [2.75, 3.05) is 13.1 Å². The lowest BCUT2D eigenvalue weighted by Gasteiger charge is -2.20. The first-order chi connectivity index (χ1) is 6.24. The lowest BCUT2D eigenvalue weighted by atomic mass is 9.86. The minimum atomic E-state index is 0.658. The van der Waals surface area contributed by atoms with Crippen molar-refractivity contribution in [1.29, 1.82) is 0 Å². The quantitative estimate of drug-likeness (QED) is 0.709. The number of hydrogen-bond acceptors (Lipinski definition) is 2. The molecule has 1 aliphatic rings. The van der Waals surface area contributed by atoms with Gasteiger partial charge in [0.2, 0.25) is 0 Å². The zero-order valence-corrected chi connectivity index (χ0v) is 8.66. The van der Waals surface area contributed by atoms with Crippen LogP contribution in [0.4, 0.5) is 0 Å². The summed E-state index contributed by atoms with van der Waals surface area (Å²) in [6.45, 7) is 5.98. The van der Waals surface area contributed by atoms with E-state index in [4.69, 9.17) is 5.73 Å². The maximum atomic E-state index is 5.39. The first-order valence-corrected chi connectivity index (χ1v) is 5.15. The fourth-order valence-corrected chi connectivity index (χ4v) is 1.62. The Labute approximate surface area is 80.9 Å². The number of aliphatic imine (C=N–C) groups is 1. The van der Waals surface area contributed by atoms with Crippen molar-refractivity contribution in [2.45, 2.75) is 26.7 Å². The van der Waals surface area contributed by atoms with Crippen molar-refractivity contribution in [3.63, 3.8) is 0 Å². The van der Waals surface area contributed by atoms with Gasteiger partial charge in [-0.2, -0.15) is 0 Å². The summed E-state index contributed by atoms with van der Waals surface area (Å²) in [5.74, 6) is 1.50. The van der Waals surface area contributed by atoms with Crippen LogP contribution >= 0.6 is 0 Å². The highest BCUT2D eigenvalue weighted by molar-refractivity contribution is 5.95. The van der Waals surface area contributed by atoms with E-state index in [9.17, 15) is 0 Å². The summed E-state index contributed by atoms with van der Waals surface area (Å²) >= 11 is 0. The molecule has 2 nitrogen and oxygen atoms in total. The van der Waals surface area contributed by atoms with Gasteiger partial charge in [0.25, 0.3) is 0 Å². The number of nitrogens with zero attached hydrogens (tertiary/aromatic N) is 1. The molecule has 1 unspecified atom stereocenters. The van der Waals surface area contributed by atoms with E-state index < -0.39 is 0 Å². The molecule has 0 aromatic heterocycles. The van der Waals surface area contributed by atoms with Crippen LogP contribution in [0.1, 0.15) is 26.7 Å². The van der Waals surface area contributed by atoms with E-state index in [1.54, 1.807) is 0 Å². The fourth-order valence-electron chi connectivity index (χ4n) is 1.62. The summed E-state index contributed by atoms with van der Waals surface area (Å²) in [4.78, 5) is 4.40. The molecule has 2 N–H and O–H groups in total. The van der Waals surface area contributed by atoms with E-state index in [0.29, 0.717) is 6.54 Å². The van der Waals surface area contributed by atoms with Gasteiger partial charge in [0.05, 0.1) is 6.54 Å². The van der Waals surface area contributed by atoms with Gasteiger partial charge >= 0.3 is 0 Å². The number of hydrogen-bond donors (Lipinski definition) is 1. The Morgan fingerprint density at radius 2 is 2.38 bits per heavy atom. The molecule has 0 radical (unpaired) electrons. The molecule has 74 valence electrons. The van der Waals surface area contributed by atoms with Crippen molar-refractivity contribution in [2.24, 2.45) is 22.6 Å². The molecule has 1 atom stereocenters. The summed E-state index contributed by atoms with van der Waals surface area (Å²) in [7, 11) is 0. The molecule has 0 amide bonds. The van der Waals surface area contributed by atoms with E-state index in [0.717, 1.165) is 24.8 Å². The van der Waals surface area contributed by atoms with Gasteiger partial charge in [-0.15, -0.1) is 0 Å². The molecule has 0 aliphatic heterocycles. The van der Waals surface area contributed by atoms with Crippen molar-refractivity contribution in [1.82, 2.24) is 0 Å². The largest absolute Gasteiger partial charge is 0.329 e. The fraction of sp³-hybridized carbons (Fsp3) is 0.727. The van der Waals surface area contributed by atoms with E-state index in [1.807, 2.05) is 0 Å². The monoisotopic (exact) mass is 180 g/mol. The summed E-state index contributed by atoms with van der Waals surface area (Å²) in [5, 5.41) is 0. The Bertz CT molecular complexity index is 204. The van der Waals surface area contributed by atoms with Crippen molar-refractivity contribution >= 4 is 5.71 Å². The number of rotatable bonds is 3. The van der Waals surface area contributed by atoms with E-state index in [2.05, 4.69) is 31.0 Å². The summed E-state index contributed by atoms with van der Waals surface area (Å²) < 4.78 is 0. The summed E-state index contributed by atoms with van der Waals surface area (Å²) in [6.07, 6.45) is 6.84. The second-order valence-corrected chi connectivity index (χ2v) is 3.97. The Morgan fingerprint density at radius 1 is 1.62 bits per heavy atom. The molecule has 2 heteroatoms. The lowest BCUT2D eigenvalue weighted by molar-refractivity contribution is 0.439. The molecule has 13 heavy (non-hydrogen) atoms. The van der Waals surface area contributed by atoms with Crippen LogP contribution in [0, 0.1) is 11.8 Å². The highest BCUT2D eigenvalue weighted by atomic mass is 14.8. The Hall–Kier alpha value is -0.630. The van der Waals surface area contributed by atoms with Gasteiger partial charge in [0, 0.05) is 12.3 Å². The van der Waals surface area contributed by atoms with E-state index in [-0.39, 0.29) is 0 Å². The first kappa shape index (κ1) is 10.5. The van der Waals surface area contributed by atoms with Crippen LogP contribution in [0.2, 0.25) is 0 Å². The Morgan fingerprint density at radius 3 is 2.85 bits per heavy atom. The molecule has 0 saturated heterocycles. The SMILES string of the molecule is CC(C)C1C=CC(=NCCN)CC1. The normalized spacial score (nSPS) is 25.8. The van der Waals surface area contributed by atoms with Gasteiger partial charge in [0.1, 0.15) is 0 Å². The average Bonchev–Trinajstić information content (AvgIpc) is 2.15. The standard InChI is InChI=1S/C11H20N2/c1-9(2)10-3-5-11(6-4-10)13-8-7-12/h3,5,9-10H,4,6-8,12H2,1-2H3. The molecule has 0 saturated carbocycles. The van der Waals surface area contributed by atoms with Crippen LogP contribution in [-0.2, 0) is 0 Å². The van der Waals surface area contributed by atoms with Crippen LogP contribution in [0.3, 0.4) is 0 Å². The van der Waals surface area contributed by atoms with E-state index in [1.165, 1.54) is 12.1 Å². The second-order valence-electron chi connectivity index (χ2n) is 3.97. The zero-order chi connectivity index (χ0) is 9.68. The minimum absolute atomic E-state index is 0.658. The van der Waals surface area contributed by atoms with Gasteiger partial charge in [-0.25, -0.2) is 0 Å². The first-order valence-electron chi connectivity index (χ1n) is 5.15. The molecule has 1 aliphatic carbocycles. The third-order valence-electron chi connectivity index (χ3n) is 2.57. The van der Waals surface area contributed by atoms with E-state index >= 15 is 0 Å². The highest BCUT2D eigenvalue weighted by Crippen LogP contribution is 2.22. The Kier molecular flexibility index (Phi) is 4.16. The minimum Gasteiger partial charge on any atom is -0.329 e. The third-order valence-corrected chi connectivity index (χ3v) is 2.57. The summed E-state index contributed by atoms with van der Waals surface area (Å²) in [6, 6.07) is 0. The van der Waals surface area contributed by atoms with Crippen molar-refractivity contribution in [3.05, 3.63) is 12.2 Å². The van der Waals surface area contributed by atoms with Gasteiger partial charge in [-0.05, 0) is 30.8 Å². The molecule has 0 spiro atoms. The summed E-state index contributed by atoms with van der Waals surface area (Å²) in [5.41, 5.74) is 6.61. The smallest absolute Gasteiger partial charge is 0.0515 e. The molecule has 0 bridgehead atoms. The third kappa shape index (κ3) is 3.31. The van der Waals surface area contributed by atoms with Gasteiger partial charge in [-0.3, -0.25) is 4.99 Å². The second kappa shape index (κ2) is 5.18. The topological polar surface area (TPSA) is 38.4 Å². The molecule has 1 rings (SSSR count). The molecular formula is C11H20N2. The van der Waals surface area contributed by atoms with Crippen LogP contribution < -0.4 is 5.73 Å². The van der Waals surface area contributed by atoms with Gasteiger partial charge in [-0.1, -0.05) is 19.9 Å². The molecule has 0 fully saturated rings. The van der Waals surface area contributed by atoms with Crippen LogP contribution in [0.15, 0.2) is 17.1 Å². The molecule has 0 heterocycles. The molecule has 0 aromatic rings. The van der Waals surface area contributed by atoms with Crippen LogP contribution in [-0.4, -0.2) is 18.8 Å². The van der Waals surface area contributed by atoms with Crippen LogP contribution in [0.25, 0.3) is 0 Å². The average molecular weight is 180 g/mol. The zero-order valence-electron chi connectivity index (χ0n) is 8.66. The Balaban J connectivity index is 2.47. The van der Waals surface area contributed by atoms with Crippen molar-refractivity contribution < 1.29 is 0 Å². The number of allylic oxidation sites excluding steroid dienone is 2. The maximum absolute atomic E-state index is 5.39. The van der Waals surface area contributed by atoms with Crippen molar-refractivity contribution in [3.8, 4) is 0 Å². The van der Waals surface area contributed by atoms with Gasteiger partial charge in [0.15, 0.2) is 0 Å². The van der Waals surface area contributed by atoms with Crippen LogP contribution in [0.5, 0.6) is 0 Å². The predicted molar refractivity (Wildman–Crippen MR) is 58.1 cm³/mol. The highest BCUT2D eigenvalue weighted by Gasteiger charge is 2.14. The molecule has 0 aromatic carbocycles. The molecular weight excluding hydrogens is 160 g/mol. The maximum Gasteiger partial charge on any atom is 0.0515 e. The lowest BCUT2D eigenvalue weighted by Crippen LogP contribution is -2.14. The van der Waals surface area contributed by atoms with Gasteiger partial charge < -0.3 is 5.73 Å².